The Labute approximate surface area is 134 Å². The summed E-state index contributed by atoms with van der Waals surface area (Å²) in [7, 11) is 1.37. The van der Waals surface area contributed by atoms with Gasteiger partial charge in [0.25, 0.3) is 5.56 Å². The fourth-order valence-electron chi connectivity index (χ4n) is 2.94. The highest BCUT2D eigenvalue weighted by atomic mass is 19.1. The summed E-state index contributed by atoms with van der Waals surface area (Å²) in [5.74, 6) is -0.533. The summed E-state index contributed by atoms with van der Waals surface area (Å²) >= 11 is 0. The summed E-state index contributed by atoms with van der Waals surface area (Å²) in [6.07, 6.45) is 7.05. The van der Waals surface area contributed by atoms with Crippen LogP contribution in [0.15, 0.2) is 34.4 Å². The standard InChI is InChI=1S/C16H13FN4O3/c1-24-14-12(10-6-18-4-5-19-10)9(17)7-21-13(14)11(8-2-3-8)15(22)20-16(21)23/h4-8H,2-3H2,1H3,(H,20,22,23). The van der Waals surface area contributed by atoms with Gasteiger partial charge in [-0.15, -0.1) is 0 Å². The van der Waals surface area contributed by atoms with E-state index in [2.05, 4.69) is 15.0 Å². The maximum Gasteiger partial charge on any atom is 0.333 e. The highest BCUT2D eigenvalue weighted by molar-refractivity contribution is 5.80. The average Bonchev–Trinajstić information content (AvgIpc) is 3.40. The lowest BCUT2D eigenvalue weighted by Gasteiger charge is -2.15. The van der Waals surface area contributed by atoms with Crippen LogP contribution in [0.3, 0.4) is 0 Å². The van der Waals surface area contributed by atoms with Gasteiger partial charge >= 0.3 is 5.69 Å². The van der Waals surface area contributed by atoms with Gasteiger partial charge in [-0.25, -0.2) is 9.18 Å². The largest absolute Gasteiger partial charge is 0.494 e. The third-order valence-corrected chi connectivity index (χ3v) is 4.11. The number of halogens is 1. The molecule has 1 aliphatic carbocycles. The molecule has 24 heavy (non-hydrogen) atoms. The summed E-state index contributed by atoms with van der Waals surface area (Å²) in [4.78, 5) is 34.7. The minimum atomic E-state index is -0.706. The Balaban J connectivity index is 2.20. The molecule has 0 saturated heterocycles. The second-order valence-corrected chi connectivity index (χ2v) is 5.64. The lowest BCUT2D eigenvalue weighted by Crippen LogP contribution is -2.29. The van der Waals surface area contributed by atoms with E-state index in [0.29, 0.717) is 5.56 Å². The zero-order valence-electron chi connectivity index (χ0n) is 12.7. The summed E-state index contributed by atoms with van der Waals surface area (Å²) < 4.78 is 21.2. The Morgan fingerprint density at radius 3 is 2.75 bits per heavy atom. The number of nitrogens with one attached hydrogen (secondary N) is 1. The Morgan fingerprint density at radius 1 is 1.33 bits per heavy atom. The topological polar surface area (TPSA) is 89.3 Å². The van der Waals surface area contributed by atoms with Crippen LogP contribution in [0.2, 0.25) is 0 Å². The Kier molecular flexibility index (Phi) is 3.19. The molecule has 0 aliphatic heterocycles. The lowest BCUT2D eigenvalue weighted by molar-refractivity contribution is 0.414. The molecule has 3 aromatic heterocycles. The molecule has 0 bridgehead atoms. The molecular formula is C16H13FN4O3. The van der Waals surface area contributed by atoms with E-state index in [1.807, 2.05) is 0 Å². The van der Waals surface area contributed by atoms with E-state index in [4.69, 9.17) is 4.74 Å². The SMILES string of the molecule is COc1c(-c2cnccn2)c(F)cn2c(=O)[nH]c(=O)c(C3CC3)c12. The van der Waals surface area contributed by atoms with Crippen molar-refractivity contribution in [2.75, 3.05) is 7.11 Å². The van der Waals surface area contributed by atoms with Crippen molar-refractivity contribution in [1.29, 1.82) is 0 Å². The summed E-state index contributed by atoms with van der Waals surface area (Å²) in [6.45, 7) is 0. The van der Waals surface area contributed by atoms with Gasteiger partial charge in [-0.1, -0.05) is 0 Å². The quantitative estimate of drug-likeness (QED) is 0.786. The lowest BCUT2D eigenvalue weighted by atomic mass is 10.1. The normalized spacial score (nSPS) is 14.1. The molecule has 3 heterocycles. The average molecular weight is 328 g/mol. The summed E-state index contributed by atoms with van der Waals surface area (Å²) in [6, 6.07) is 0. The van der Waals surface area contributed by atoms with Gasteiger partial charge in [-0.3, -0.25) is 24.1 Å². The molecule has 0 radical (unpaired) electrons. The van der Waals surface area contributed by atoms with Crippen LogP contribution in [0.25, 0.3) is 16.8 Å². The third-order valence-electron chi connectivity index (χ3n) is 4.11. The van der Waals surface area contributed by atoms with Crippen LogP contribution in [0.5, 0.6) is 5.75 Å². The van der Waals surface area contributed by atoms with E-state index >= 15 is 0 Å². The van der Waals surface area contributed by atoms with Gasteiger partial charge < -0.3 is 4.74 Å². The van der Waals surface area contributed by atoms with E-state index in [1.165, 1.54) is 25.7 Å². The van der Waals surface area contributed by atoms with Gasteiger partial charge in [0.05, 0.1) is 30.8 Å². The number of H-pyrrole nitrogens is 1. The van der Waals surface area contributed by atoms with Crippen molar-refractivity contribution in [3.8, 4) is 17.0 Å². The first-order chi connectivity index (χ1) is 11.6. The monoisotopic (exact) mass is 328 g/mol. The molecule has 0 spiro atoms. The minimum absolute atomic E-state index is 0.0402. The van der Waals surface area contributed by atoms with E-state index in [9.17, 15) is 14.0 Å². The van der Waals surface area contributed by atoms with E-state index in [-0.39, 0.29) is 28.4 Å². The Morgan fingerprint density at radius 2 is 2.12 bits per heavy atom. The van der Waals surface area contributed by atoms with Crippen LogP contribution in [0.4, 0.5) is 4.39 Å². The molecule has 122 valence electrons. The molecule has 4 rings (SSSR count). The number of rotatable bonds is 3. The predicted octanol–water partition coefficient (Wildman–Crippen LogP) is 1.47. The molecule has 7 nitrogen and oxygen atoms in total. The summed E-state index contributed by atoms with van der Waals surface area (Å²) in [5.41, 5.74) is -0.0893. The molecule has 0 atom stereocenters. The molecule has 1 saturated carbocycles. The molecule has 0 unspecified atom stereocenters. The van der Waals surface area contributed by atoms with Crippen molar-refractivity contribution in [3.63, 3.8) is 0 Å². The van der Waals surface area contributed by atoms with Gasteiger partial charge in [0.15, 0.2) is 11.6 Å². The zero-order valence-corrected chi connectivity index (χ0v) is 12.7. The van der Waals surface area contributed by atoms with Gasteiger partial charge in [-0.2, -0.15) is 0 Å². The molecule has 0 aromatic carbocycles. The number of methoxy groups -OCH3 is 1. The third kappa shape index (κ3) is 2.10. The van der Waals surface area contributed by atoms with Crippen molar-refractivity contribution in [3.05, 3.63) is 57.0 Å². The van der Waals surface area contributed by atoms with Crippen LogP contribution < -0.4 is 16.0 Å². The molecule has 0 amide bonds. The number of ether oxygens (including phenoxy) is 1. The second kappa shape index (κ2) is 5.26. The first kappa shape index (κ1) is 14.6. The molecule has 3 aromatic rings. The van der Waals surface area contributed by atoms with Crippen LogP contribution in [-0.4, -0.2) is 26.5 Å². The summed E-state index contributed by atoms with van der Waals surface area (Å²) in [5, 5.41) is 0. The minimum Gasteiger partial charge on any atom is -0.494 e. The van der Waals surface area contributed by atoms with Crippen molar-refractivity contribution in [2.45, 2.75) is 18.8 Å². The molecule has 1 aliphatic rings. The first-order valence-electron chi connectivity index (χ1n) is 7.43. The Bertz CT molecular complexity index is 1050. The van der Waals surface area contributed by atoms with Crippen molar-refractivity contribution >= 4 is 5.52 Å². The van der Waals surface area contributed by atoms with Crippen LogP contribution in [0, 0.1) is 5.82 Å². The highest BCUT2D eigenvalue weighted by Gasteiger charge is 2.32. The maximum atomic E-state index is 14.7. The number of nitrogens with zero attached hydrogens (tertiary/aromatic N) is 3. The second-order valence-electron chi connectivity index (χ2n) is 5.64. The zero-order chi connectivity index (χ0) is 16.8. The van der Waals surface area contributed by atoms with Crippen LogP contribution in [-0.2, 0) is 0 Å². The van der Waals surface area contributed by atoms with Crippen molar-refractivity contribution in [1.82, 2.24) is 19.4 Å². The Hall–Kier alpha value is -3.03. The van der Waals surface area contributed by atoms with E-state index < -0.39 is 17.1 Å². The highest BCUT2D eigenvalue weighted by Crippen LogP contribution is 2.44. The molecule has 1 fully saturated rings. The number of hydrogen-bond acceptors (Lipinski definition) is 5. The van der Waals surface area contributed by atoms with Crippen molar-refractivity contribution < 1.29 is 9.13 Å². The molecular weight excluding hydrogens is 315 g/mol. The smallest absolute Gasteiger partial charge is 0.333 e. The van der Waals surface area contributed by atoms with Crippen LogP contribution in [0.1, 0.15) is 24.3 Å². The maximum absolute atomic E-state index is 14.7. The van der Waals surface area contributed by atoms with Gasteiger partial charge in [0.1, 0.15) is 5.52 Å². The fourth-order valence-corrected chi connectivity index (χ4v) is 2.94. The molecule has 1 N–H and O–H groups in total. The number of pyridine rings is 1. The van der Waals surface area contributed by atoms with E-state index in [0.717, 1.165) is 23.4 Å². The number of fused-ring (bicyclic) bond motifs is 1. The van der Waals surface area contributed by atoms with Gasteiger partial charge in [-0.05, 0) is 18.8 Å². The van der Waals surface area contributed by atoms with Crippen LogP contribution >= 0.6 is 0 Å². The fraction of sp³-hybridized carbons (Fsp3) is 0.250. The van der Waals surface area contributed by atoms with E-state index in [1.54, 1.807) is 0 Å². The van der Waals surface area contributed by atoms with Gasteiger partial charge in [0, 0.05) is 18.0 Å². The number of hydrogen-bond donors (Lipinski definition) is 1. The first-order valence-corrected chi connectivity index (χ1v) is 7.43. The molecule has 8 heteroatoms. The predicted molar refractivity (Wildman–Crippen MR) is 83.8 cm³/mol. The number of aromatic nitrogens is 4. The number of aromatic amines is 1. The van der Waals surface area contributed by atoms with Gasteiger partial charge in [0.2, 0.25) is 0 Å². The van der Waals surface area contributed by atoms with Crippen molar-refractivity contribution in [2.24, 2.45) is 0 Å².